The van der Waals surface area contributed by atoms with Gasteiger partial charge in [-0.15, -0.1) is 0 Å². The van der Waals surface area contributed by atoms with E-state index >= 15 is 0 Å². The quantitative estimate of drug-likeness (QED) is 0.372. The van der Waals surface area contributed by atoms with E-state index < -0.39 is 0 Å². The van der Waals surface area contributed by atoms with E-state index in [1.165, 1.54) is 0 Å². The molecular formula is C3H2N2. The molecule has 0 radical (unpaired) electrons. The average Bonchev–Trinajstić information content (AvgIpc) is 1.41. The highest BCUT2D eigenvalue weighted by Gasteiger charge is 1.48. The molecular weight excluding hydrogens is 64.0 g/mol. The van der Waals surface area contributed by atoms with Crippen molar-refractivity contribution in [1.82, 2.24) is 0 Å². The molecule has 0 heterocycles. The van der Waals surface area contributed by atoms with Gasteiger partial charge < -0.3 is 5.41 Å². The molecule has 0 aliphatic carbocycles. The van der Waals surface area contributed by atoms with Gasteiger partial charge in [-0.3, -0.25) is 0 Å². The summed E-state index contributed by atoms with van der Waals surface area (Å²) in [4.78, 5) is 2.87. The Hall–Kier alpha value is -1.06. The third-order valence-corrected chi connectivity index (χ3v) is 0.132. The molecule has 0 atom stereocenters. The van der Waals surface area contributed by atoms with Crippen LogP contribution in [0.1, 0.15) is 0 Å². The van der Waals surface area contributed by atoms with Crippen LogP contribution in [0.4, 0.5) is 0 Å². The van der Waals surface area contributed by atoms with Crippen molar-refractivity contribution in [1.29, 1.82) is 0 Å². The Kier molecular flexibility index (Phi) is 2.32. The van der Waals surface area contributed by atoms with Gasteiger partial charge in [0.15, 0.2) is 0 Å². The zero-order chi connectivity index (χ0) is 4.12. The molecule has 0 saturated heterocycles. The van der Waals surface area contributed by atoms with Crippen LogP contribution in [0.15, 0.2) is 6.20 Å². The Morgan fingerprint density at radius 1 is 2.00 bits per heavy atom. The lowest BCUT2D eigenvalue weighted by atomic mass is 11.0. The van der Waals surface area contributed by atoms with Crippen molar-refractivity contribution in [2.75, 3.05) is 0 Å². The van der Waals surface area contributed by atoms with Gasteiger partial charge in [-0.25, -0.2) is 0 Å². The molecule has 0 unspecified atom stereocenters. The molecule has 2 heteroatoms. The van der Waals surface area contributed by atoms with Crippen LogP contribution < -0.4 is 0 Å². The molecule has 5 heavy (non-hydrogen) atoms. The highest BCUT2D eigenvalue weighted by Crippen LogP contribution is 1.51. The van der Waals surface area contributed by atoms with Crippen LogP contribution in [0.3, 0.4) is 0 Å². The highest BCUT2D eigenvalue weighted by atomic mass is 14.6. The van der Waals surface area contributed by atoms with Gasteiger partial charge in [-0.2, -0.15) is 5.87 Å². The first kappa shape index (κ1) is 3.94. The first-order chi connectivity index (χ1) is 2.41. The SMILES string of the molecule is C#[N+]C=C=[N-]. The molecule has 24 valence electrons. The van der Waals surface area contributed by atoms with Crippen LogP contribution in [0.2, 0.25) is 0 Å². The van der Waals surface area contributed by atoms with E-state index in [9.17, 15) is 0 Å². The molecule has 0 rings (SSSR count). The molecule has 0 spiro atoms. The second kappa shape index (κ2) is 2.94. The molecule has 0 aromatic rings. The summed E-state index contributed by atoms with van der Waals surface area (Å²) in [6.45, 7) is 4.49. The summed E-state index contributed by atoms with van der Waals surface area (Å²) in [5.74, 6) is 1.60. The molecule has 0 N–H and O–H groups in total. The molecule has 0 aromatic carbocycles. The summed E-state index contributed by atoms with van der Waals surface area (Å²) < 4.78 is 0. The number of hydrogen-bond donors (Lipinski definition) is 0. The first-order valence-electron chi connectivity index (χ1n) is 1.03. The van der Waals surface area contributed by atoms with Gasteiger partial charge in [-0.05, 0) is 4.85 Å². The molecule has 0 amide bonds. The smallest absolute Gasteiger partial charge is 0.324 e. The molecule has 2 nitrogen and oxygen atoms in total. The lowest BCUT2D eigenvalue weighted by Crippen LogP contribution is -1.30. The number of hydrogen-bond acceptors (Lipinski definition) is 0. The van der Waals surface area contributed by atoms with Gasteiger partial charge in [0, 0.05) is 0 Å². The van der Waals surface area contributed by atoms with Gasteiger partial charge in [0.2, 0.25) is 0 Å². The van der Waals surface area contributed by atoms with Crippen LogP contribution in [0, 0.1) is 6.57 Å². The van der Waals surface area contributed by atoms with Crippen LogP contribution in [0.25, 0.3) is 10.3 Å². The van der Waals surface area contributed by atoms with E-state index in [-0.39, 0.29) is 0 Å². The summed E-state index contributed by atoms with van der Waals surface area (Å²) in [6, 6.07) is 0. The second-order valence-electron chi connectivity index (χ2n) is 0.407. The molecule has 0 aromatic heterocycles. The third-order valence-electron chi connectivity index (χ3n) is 0.132. The zero-order valence-corrected chi connectivity index (χ0v) is 2.55. The number of rotatable bonds is 0. The van der Waals surface area contributed by atoms with Crippen molar-refractivity contribution >= 4 is 5.87 Å². The molecule has 0 saturated carbocycles. The van der Waals surface area contributed by atoms with Crippen LogP contribution in [-0.4, -0.2) is 5.87 Å². The lowest BCUT2D eigenvalue weighted by molar-refractivity contribution is 2.23. The monoisotopic (exact) mass is 66.0 g/mol. The fourth-order valence-electron chi connectivity index (χ4n) is 0.0333. The summed E-state index contributed by atoms with van der Waals surface area (Å²) in [6.07, 6.45) is 0.958. The Morgan fingerprint density at radius 2 is 2.60 bits per heavy atom. The summed E-state index contributed by atoms with van der Waals surface area (Å²) in [7, 11) is 0. The molecule has 0 aliphatic heterocycles. The first-order valence-corrected chi connectivity index (χ1v) is 1.03. The second-order valence-corrected chi connectivity index (χ2v) is 0.407. The summed E-state index contributed by atoms with van der Waals surface area (Å²) in [5, 5.41) is 7.59. The van der Waals surface area contributed by atoms with Gasteiger partial charge in [0.1, 0.15) is 0 Å². The van der Waals surface area contributed by atoms with Gasteiger partial charge in [0.05, 0.1) is 0 Å². The Balaban J connectivity index is 3.46. The average molecular weight is 66.1 g/mol. The predicted molar refractivity (Wildman–Crippen MR) is 21.2 cm³/mol. The van der Waals surface area contributed by atoms with Crippen molar-refractivity contribution in [3.05, 3.63) is 16.5 Å². The maximum absolute atomic E-state index is 7.59. The fourth-order valence-corrected chi connectivity index (χ4v) is 0.0333. The third kappa shape index (κ3) is 2.94. The summed E-state index contributed by atoms with van der Waals surface area (Å²) in [5.41, 5.74) is 0. The summed E-state index contributed by atoms with van der Waals surface area (Å²) >= 11 is 0. The topological polar surface area (TPSA) is 26.7 Å². The van der Waals surface area contributed by atoms with Crippen molar-refractivity contribution in [3.63, 3.8) is 0 Å². The lowest BCUT2D eigenvalue weighted by Gasteiger charge is -1.44. The fraction of sp³-hybridized carbons (Fsp3) is 0. The van der Waals surface area contributed by atoms with E-state index in [1.807, 2.05) is 0 Å². The van der Waals surface area contributed by atoms with Crippen LogP contribution in [0.5, 0.6) is 0 Å². The maximum atomic E-state index is 7.59. The van der Waals surface area contributed by atoms with Gasteiger partial charge in [0.25, 0.3) is 6.57 Å². The minimum Gasteiger partial charge on any atom is -0.757 e. The van der Waals surface area contributed by atoms with E-state index in [0.717, 1.165) is 6.20 Å². The van der Waals surface area contributed by atoms with Gasteiger partial charge in [-0.1, -0.05) is 0 Å². The molecule has 0 bridgehead atoms. The minimum atomic E-state index is 0.958. The standard InChI is InChI=1S/C3H2N2/c1-5-3-2-4/h1,3H. The maximum Gasteiger partial charge on any atom is 0.324 e. The van der Waals surface area contributed by atoms with Crippen molar-refractivity contribution in [2.24, 2.45) is 0 Å². The van der Waals surface area contributed by atoms with E-state index in [4.69, 9.17) is 5.41 Å². The predicted octanol–water partition coefficient (Wildman–Crippen LogP) is 0.702. The van der Waals surface area contributed by atoms with Crippen LogP contribution >= 0.6 is 0 Å². The largest absolute Gasteiger partial charge is 0.757 e. The minimum absolute atomic E-state index is 0.958. The zero-order valence-electron chi connectivity index (χ0n) is 2.55. The van der Waals surface area contributed by atoms with E-state index in [1.54, 1.807) is 5.87 Å². The van der Waals surface area contributed by atoms with Crippen molar-refractivity contribution < 1.29 is 0 Å². The molecule has 0 fully saturated rings. The Morgan fingerprint density at radius 3 is 2.60 bits per heavy atom. The highest BCUT2D eigenvalue weighted by molar-refractivity contribution is 5.56. The number of nitrogens with zero attached hydrogens (tertiary/aromatic N) is 2. The van der Waals surface area contributed by atoms with Crippen LogP contribution in [-0.2, 0) is 0 Å². The normalized spacial score (nSPS) is 3.80. The van der Waals surface area contributed by atoms with E-state index in [0.29, 0.717) is 0 Å². The van der Waals surface area contributed by atoms with Crippen molar-refractivity contribution in [3.8, 4) is 6.57 Å². The van der Waals surface area contributed by atoms with Crippen molar-refractivity contribution in [2.45, 2.75) is 0 Å². The van der Waals surface area contributed by atoms with Gasteiger partial charge >= 0.3 is 6.20 Å². The Labute approximate surface area is 30.1 Å². The molecule has 0 aliphatic rings. The Bertz CT molecular complexity index is 92.0. The van der Waals surface area contributed by atoms with E-state index in [2.05, 4.69) is 11.4 Å².